The number of nitrogens with one attached hydrogen (secondary N) is 1. The summed E-state index contributed by atoms with van der Waals surface area (Å²) >= 11 is 0. The number of aliphatic hydroxyl groups excluding tert-OH is 1. The Kier molecular flexibility index (Phi) is 8.40. The predicted molar refractivity (Wildman–Crippen MR) is 126 cm³/mol. The predicted octanol–water partition coefficient (Wildman–Crippen LogP) is -0.648. The fraction of sp³-hybridized carbons (Fsp3) is 0.571. The lowest BCUT2D eigenvalue weighted by Crippen LogP contribution is -2.48. The lowest BCUT2D eigenvalue weighted by atomic mass is 10.0. The Hall–Kier alpha value is -3.10. The average Bonchev–Trinajstić information content (AvgIpc) is 3.30. The molecule has 0 aliphatic carbocycles. The monoisotopic (exact) mass is 509 g/mol. The zero-order valence-corrected chi connectivity index (χ0v) is 21.0. The van der Waals surface area contributed by atoms with Crippen molar-refractivity contribution in [3.05, 3.63) is 30.1 Å². The van der Waals surface area contributed by atoms with Crippen molar-refractivity contribution in [1.82, 2.24) is 29.4 Å². The summed E-state index contributed by atoms with van der Waals surface area (Å²) in [7, 11) is -1.98. The molecule has 14 heteroatoms. The second-order valence-corrected chi connectivity index (χ2v) is 10.9. The highest BCUT2D eigenvalue weighted by Crippen LogP contribution is 2.29. The number of benzene rings is 1. The number of hydrogen-bond donors (Lipinski definition) is 2. The van der Waals surface area contributed by atoms with Crippen LogP contribution in [0.4, 0.5) is 5.69 Å². The number of nitrogens with zero attached hydrogens (tertiary/aromatic N) is 6. The zero-order chi connectivity index (χ0) is 25.8. The fourth-order valence-electron chi connectivity index (χ4n) is 3.71. The van der Waals surface area contributed by atoms with Gasteiger partial charge in [-0.05, 0) is 35.5 Å². The highest BCUT2D eigenvalue weighted by Gasteiger charge is 2.32. The Labute approximate surface area is 204 Å². The largest absolute Gasteiger partial charge is 0.488 e. The lowest BCUT2D eigenvalue weighted by molar-refractivity contribution is -0.134. The van der Waals surface area contributed by atoms with E-state index >= 15 is 0 Å². The topological polar surface area (TPSA) is 160 Å². The van der Waals surface area contributed by atoms with Crippen LogP contribution in [0.25, 0.3) is 0 Å². The van der Waals surface area contributed by atoms with E-state index in [0.29, 0.717) is 17.0 Å². The van der Waals surface area contributed by atoms with Crippen molar-refractivity contribution >= 4 is 27.5 Å². The summed E-state index contributed by atoms with van der Waals surface area (Å²) in [4.78, 5) is 27.1. The molecule has 1 aliphatic rings. The number of carbonyl (C=O) groups excluding carboxylic acids is 2. The summed E-state index contributed by atoms with van der Waals surface area (Å²) in [6, 6.07) is 4.52. The number of rotatable bonds is 8. The molecule has 2 amide bonds. The van der Waals surface area contributed by atoms with E-state index in [-0.39, 0.29) is 50.4 Å². The van der Waals surface area contributed by atoms with Crippen LogP contribution >= 0.6 is 0 Å². The van der Waals surface area contributed by atoms with Crippen LogP contribution in [0.1, 0.15) is 19.4 Å². The minimum Gasteiger partial charge on any atom is -0.488 e. The average molecular weight is 510 g/mol. The summed E-state index contributed by atoms with van der Waals surface area (Å²) < 4.78 is 32.8. The third-order valence-electron chi connectivity index (χ3n) is 5.90. The van der Waals surface area contributed by atoms with Gasteiger partial charge in [-0.15, -0.1) is 5.10 Å². The lowest BCUT2D eigenvalue weighted by Gasteiger charge is -2.33. The molecule has 0 saturated heterocycles. The number of aliphatic hydroxyl groups is 1. The molecule has 2 N–H and O–H groups in total. The molecule has 3 atom stereocenters. The van der Waals surface area contributed by atoms with Crippen LogP contribution in [0.5, 0.6) is 5.75 Å². The number of hydrogen-bond acceptors (Lipinski definition) is 9. The van der Waals surface area contributed by atoms with Gasteiger partial charge in [-0.25, -0.2) is 17.4 Å². The molecular weight excluding hydrogens is 478 g/mol. The van der Waals surface area contributed by atoms with Gasteiger partial charge >= 0.3 is 0 Å². The van der Waals surface area contributed by atoms with Crippen LogP contribution in [0, 0.1) is 5.92 Å². The van der Waals surface area contributed by atoms with Gasteiger partial charge in [0.05, 0.1) is 31.9 Å². The number of aromatic nitrogens is 4. The van der Waals surface area contributed by atoms with E-state index in [1.54, 1.807) is 30.0 Å². The number of fused-ring (bicyclic) bond motifs is 1. The van der Waals surface area contributed by atoms with Crippen molar-refractivity contribution in [2.75, 3.05) is 38.3 Å². The first kappa shape index (κ1) is 26.5. The molecule has 2 heterocycles. The minimum atomic E-state index is -3.45. The molecule has 0 bridgehead atoms. The highest BCUT2D eigenvalue weighted by molar-refractivity contribution is 7.88. The van der Waals surface area contributed by atoms with Crippen molar-refractivity contribution in [3.8, 4) is 5.75 Å². The Balaban J connectivity index is 1.91. The highest BCUT2D eigenvalue weighted by atomic mass is 32.2. The number of sulfonamides is 1. The standard InChI is InChI=1S/C21H31N7O6S/c1-14-9-28(15(2)12-29)21(31)8-16-7-17(23-20(30)11-27-13-22-24-25-27)5-6-18(16)34-19(14)10-26(3)35(4,32)33/h5-7,13-15,19,29H,8-12H2,1-4H3,(H,23,30)/t14-,15+,19-/m1/s1. The molecule has 1 aliphatic heterocycles. The van der Waals surface area contributed by atoms with Crippen molar-refractivity contribution in [3.63, 3.8) is 0 Å². The van der Waals surface area contributed by atoms with Gasteiger partial charge in [0.25, 0.3) is 0 Å². The summed E-state index contributed by atoms with van der Waals surface area (Å²) in [5.41, 5.74) is 0.989. The molecule has 35 heavy (non-hydrogen) atoms. The van der Waals surface area contributed by atoms with E-state index in [1.165, 1.54) is 22.4 Å². The van der Waals surface area contributed by atoms with Gasteiger partial charge in [-0.2, -0.15) is 0 Å². The fourth-order valence-corrected chi connectivity index (χ4v) is 4.13. The van der Waals surface area contributed by atoms with Gasteiger partial charge in [-0.3, -0.25) is 9.59 Å². The first-order valence-corrected chi connectivity index (χ1v) is 12.9. The van der Waals surface area contributed by atoms with E-state index in [4.69, 9.17) is 4.74 Å². The molecular formula is C21H31N7O6S. The molecule has 0 radical (unpaired) electrons. The van der Waals surface area contributed by atoms with Gasteiger partial charge < -0.3 is 20.1 Å². The number of tetrazole rings is 1. The minimum absolute atomic E-state index is 0.0161. The Morgan fingerprint density at radius 2 is 2.14 bits per heavy atom. The Morgan fingerprint density at radius 1 is 1.40 bits per heavy atom. The SMILES string of the molecule is C[C@@H]1CN([C@@H](C)CO)C(=O)Cc2cc(NC(=O)Cn3cnnn3)ccc2O[C@@H]1CN(C)S(C)(=O)=O. The van der Waals surface area contributed by atoms with Gasteiger partial charge in [0.1, 0.15) is 24.7 Å². The van der Waals surface area contributed by atoms with Crippen molar-refractivity contribution in [2.45, 2.75) is 39.0 Å². The van der Waals surface area contributed by atoms with Gasteiger partial charge in [0, 0.05) is 30.8 Å². The Bertz CT molecular complexity index is 1140. The van der Waals surface area contributed by atoms with Crippen LogP contribution in [-0.2, 0) is 32.6 Å². The summed E-state index contributed by atoms with van der Waals surface area (Å²) in [5, 5.41) is 23.1. The molecule has 3 rings (SSSR count). The van der Waals surface area contributed by atoms with E-state index < -0.39 is 22.2 Å². The maximum absolute atomic E-state index is 13.2. The van der Waals surface area contributed by atoms with Crippen molar-refractivity contribution in [1.29, 1.82) is 0 Å². The first-order valence-electron chi connectivity index (χ1n) is 11.1. The van der Waals surface area contributed by atoms with E-state index in [9.17, 15) is 23.1 Å². The van der Waals surface area contributed by atoms with Crippen molar-refractivity contribution < 1.29 is 27.9 Å². The second kappa shape index (κ2) is 11.1. The summed E-state index contributed by atoms with van der Waals surface area (Å²) in [6.45, 7) is 3.69. The first-order chi connectivity index (χ1) is 16.5. The van der Waals surface area contributed by atoms with E-state index in [1.807, 2.05) is 6.92 Å². The van der Waals surface area contributed by atoms with Gasteiger partial charge in [-0.1, -0.05) is 6.92 Å². The maximum atomic E-state index is 13.2. The molecule has 192 valence electrons. The normalized spacial score (nSPS) is 19.8. The molecule has 0 unspecified atom stereocenters. The second-order valence-electron chi connectivity index (χ2n) is 8.81. The number of carbonyl (C=O) groups is 2. The molecule has 0 spiro atoms. The van der Waals surface area contributed by atoms with Crippen LogP contribution in [-0.4, -0.2) is 99.9 Å². The number of amides is 2. The van der Waals surface area contributed by atoms with Crippen LogP contribution < -0.4 is 10.1 Å². The van der Waals surface area contributed by atoms with Crippen LogP contribution in [0.15, 0.2) is 24.5 Å². The van der Waals surface area contributed by atoms with E-state index in [2.05, 4.69) is 20.8 Å². The number of anilines is 1. The Morgan fingerprint density at radius 3 is 2.77 bits per heavy atom. The van der Waals surface area contributed by atoms with Gasteiger partial charge in [0.15, 0.2) is 0 Å². The van der Waals surface area contributed by atoms with Gasteiger partial charge in [0.2, 0.25) is 21.8 Å². The molecule has 13 nitrogen and oxygen atoms in total. The number of ether oxygens (including phenoxy) is 1. The van der Waals surface area contributed by atoms with E-state index in [0.717, 1.165) is 6.26 Å². The third-order valence-corrected chi connectivity index (χ3v) is 7.18. The third kappa shape index (κ3) is 6.96. The smallest absolute Gasteiger partial charge is 0.246 e. The zero-order valence-electron chi connectivity index (χ0n) is 20.2. The molecule has 1 aromatic carbocycles. The molecule has 1 aromatic heterocycles. The molecule has 0 saturated carbocycles. The van der Waals surface area contributed by atoms with Crippen LogP contribution in [0.2, 0.25) is 0 Å². The quantitative estimate of drug-likeness (QED) is 0.471. The maximum Gasteiger partial charge on any atom is 0.246 e. The molecule has 2 aromatic rings. The molecule has 0 fully saturated rings. The van der Waals surface area contributed by atoms with Crippen LogP contribution in [0.3, 0.4) is 0 Å². The van der Waals surface area contributed by atoms with Crippen molar-refractivity contribution in [2.24, 2.45) is 5.92 Å². The summed E-state index contributed by atoms with van der Waals surface area (Å²) in [6.07, 6.45) is 1.86. The number of likely N-dealkylation sites (N-methyl/N-ethyl adjacent to an activating group) is 1. The summed E-state index contributed by atoms with van der Waals surface area (Å²) in [5.74, 6) is -0.380.